The molecule has 0 heterocycles. The van der Waals surface area contributed by atoms with Crippen LogP contribution in [-0.4, -0.2) is 34.1 Å². The summed E-state index contributed by atoms with van der Waals surface area (Å²) in [6, 6.07) is 0. The van der Waals surface area contributed by atoms with Crippen LogP contribution in [0.25, 0.3) is 0 Å². The van der Waals surface area contributed by atoms with E-state index >= 15 is 0 Å². The number of unbranched alkanes of at least 4 members (excludes halogenated alkanes) is 1. The molecular weight excluding hydrogens is 327 g/mol. The molecule has 0 saturated carbocycles. The molecule has 3 nitrogen and oxygen atoms in total. The van der Waals surface area contributed by atoms with Gasteiger partial charge in [0.15, 0.2) is 0 Å². The quantitative estimate of drug-likeness (QED) is 0.363. The van der Waals surface area contributed by atoms with Gasteiger partial charge in [-0.1, -0.05) is 0 Å². The van der Waals surface area contributed by atoms with Crippen LogP contribution in [0.5, 0.6) is 0 Å². The van der Waals surface area contributed by atoms with Gasteiger partial charge in [-0.2, -0.15) is 0 Å². The second-order valence-electron chi connectivity index (χ2n) is 2.88. The summed E-state index contributed by atoms with van der Waals surface area (Å²) in [6.07, 6.45) is 2.49. The average Bonchev–Trinajstić information content (AvgIpc) is 2.18. The first-order valence-electron chi connectivity index (χ1n) is 5.36. The molecule has 0 amide bonds. The molecular formula is C10H21O3PTe. The number of hydrogen-bond donors (Lipinski definition) is 0. The summed E-state index contributed by atoms with van der Waals surface area (Å²) in [5.74, 6) is 1.65. The van der Waals surface area contributed by atoms with E-state index in [0.717, 1.165) is 0 Å². The predicted molar refractivity (Wildman–Crippen MR) is 65.5 cm³/mol. The Balaban J connectivity index is 3.98. The summed E-state index contributed by atoms with van der Waals surface area (Å²) in [5, 5.41) is 0. The first kappa shape index (κ1) is 15.7. The van der Waals surface area contributed by atoms with E-state index in [0.29, 0.717) is 13.2 Å². The van der Waals surface area contributed by atoms with Gasteiger partial charge in [-0.05, 0) is 0 Å². The van der Waals surface area contributed by atoms with E-state index in [1.165, 1.54) is 17.3 Å². The Hall–Kier alpha value is 0.680. The molecule has 15 heavy (non-hydrogen) atoms. The van der Waals surface area contributed by atoms with Crippen molar-refractivity contribution < 1.29 is 13.6 Å². The van der Waals surface area contributed by atoms with Crippen molar-refractivity contribution in [3.63, 3.8) is 0 Å². The Bertz CT molecular complexity index is 209. The van der Waals surface area contributed by atoms with E-state index in [2.05, 4.69) is 6.92 Å². The molecule has 0 aromatic heterocycles. The van der Waals surface area contributed by atoms with Crippen molar-refractivity contribution in [2.24, 2.45) is 0 Å². The summed E-state index contributed by atoms with van der Waals surface area (Å²) in [7, 11) is -2.92. The third-order valence-corrected chi connectivity index (χ3v) is 6.38. The predicted octanol–water partition coefficient (Wildman–Crippen LogP) is 3.65. The van der Waals surface area contributed by atoms with Gasteiger partial charge in [0.05, 0.1) is 0 Å². The molecule has 90 valence electrons. The van der Waals surface area contributed by atoms with Crippen LogP contribution in [0.4, 0.5) is 0 Å². The van der Waals surface area contributed by atoms with E-state index in [4.69, 9.17) is 9.05 Å². The van der Waals surface area contributed by atoms with Gasteiger partial charge in [-0.3, -0.25) is 0 Å². The van der Waals surface area contributed by atoms with Gasteiger partial charge in [0, 0.05) is 0 Å². The summed E-state index contributed by atoms with van der Waals surface area (Å²) in [4.78, 5) is 0. The number of rotatable bonds is 9. The van der Waals surface area contributed by atoms with Crippen LogP contribution < -0.4 is 0 Å². The fourth-order valence-corrected chi connectivity index (χ4v) is 5.80. The second kappa shape index (κ2) is 9.87. The Kier molecular flexibility index (Phi) is 10.3. The molecule has 0 aliphatic carbocycles. The van der Waals surface area contributed by atoms with Crippen molar-refractivity contribution in [2.75, 3.05) is 13.2 Å². The van der Waals surface area contributed by atoms with E-state index < -0.39 is 7.60 Å². The van der Waals surface area contributed by atoms with E-state index in [1.54, 1.807) is 5.82 Å². The van der Waals surface area contributed by atoms with Gasteiger partial charge in [-0.25, -0.2) is 0 Å². The SMILES string of the molecule is CCCC[Te]/C=C/P(=O)(OCC)OCC. The third kappa shape index (κ3) is 8.48. The Morgan fingerprint density at radius 3 is 2.27 bits per heavy atom. The summed E-state index contributed by atoms with van der Waals surface area (Å²) >= 11 is -0.151. The van der Waals surface area contributed by atoms with Crippen LogP contribution in [-0.2, 0) is 13.6 Å². The van der Waals surface area contributed by atoms with Gasteiger partial charge in [0.1, 0.15) is 0 Å². The molecule has 0 saturated heterocycles. The molecule has 0 atom stereocenters. The van der Waals surface area contributed by atoms with Crippen molar-refractivity contribution >= 4 is 28.5 Å². The monoisotopic (exact) mass is 350 g/mol. The van der Waals surface area contributed by atoms with Gasteiger partial charge in [0.25, 0.3) is 0 Å². The molecule has 0 aliphatic heterocycles. The Labute approximate surface area is 103 Å². The van der Waals surface area contributed by atoms with Gasteiger partial charge >= 0.3 is 103 Å². The molecule has 0 fully saturated rings. The van der Waals surface area contributed by atoms with Crippen molar-refractivity contribution in [1.29, 1.82) is 0 Å². The zero-order chi connectivity index (χ0) is 11.6. The minimum atomic E-state index is -2.92. The van der Waals surface area contributed by atoms with Crippen molar-refractivity contribution in [2.45, 2.75) is 38.1 Å². The molecule has 0 aliphatic rings. The average molecular weight is 348 g/mol. The Morgan fingerprint density at radius 2 is 1.80 bits per heavy atom. The first-order chi connectivity index (χ1) is 7.18. The van der Waals surface area contributed by atoms with Crippen LogP contribution in [0.3, 0.4) is 0 Å². The topological polar surface area (TPSA) is 35.5 Å². The van der Waals surface area contributed by atoms with Crippen LogP contribution in [0.15, 0.2) is 9.94 Å². The molecule has 0 unspecified atom stereocenters. The van der Waals surface area contributed by atoms with E-state index in [9.17, 15) is 4.57 Å². The van der Waals surface area contributed by atoms with Crippen LogP contribution in [0.1, 0.15) is 33.6 Å². The van der Waals surface area contributed by atoms with E-state index in [1.807, 2.05) is 18.0 Å². The zero-order valence-corrected chi connectivity index (χ0v) is 13.0. The zero-order valence-electron chi connectivity index (χ0n) is 9.77. The minimum absolute atomic E-state index is 0.151. The molecule has 5 heteroatoms. The normalized spacial score (nSPS) is 12.5. The maximum absolute atomic E-state index is 11.9. The fourth-order valence-electron chi connectivity index (χ4n) is 0.897. The summed E-state index contributed by atoms with van der Waals surface area (Å²) < 4.78 is 25.5. The first-order valence-corrected chi connectivity index (χ1v) is 9.97. The molecule has 0 spiro atoms. The van der Waals surface area contributed by atoms with Crippen LogP contribution in [0, 0.1) is 0 Å². The molecule has 0 N–H and O–H groups in total. The van der Waals surface area contributed by atoms with Crippen LogP contribution in [0.2, 0.25) is 4.47 Å². The van der Waals surface area contributed by atoms with Crippen molar-refractivity contribution in [3.05, 3.63) is 9.94 Å². The van der Waals surface area contributed by atoms with Gasteiger partial charge in [-0.15, -0.1) is 0 Å². The van der Waals surface area contributed by atoms with Crippen molar-refractivity contribution in [3.8, 4) is 0 Å². The fraction of sp³-hybridized carbons (Fsp3) is 0.800. The molecule has 0 aromatic carbocycles. The molecule has 0 bridgehead atoms. The maximum atomic E-state index is 11.9. The third-order valence-electron chi connectivity index (χ3n) is 1.57. The van der Waals surface area contributed by atoms with E-state index in [-0.39, 0.29) is 20.9 Å². The van der Waals surface area contributed by atoms with Crippen LogP contribution >= 0.6 is 7.60 Å². The van der Waals surface area contributed by atoms with Gasteiger partial charge in [0.2, 0.25) is 0 Å². The summed E-state index contributed by atoms with van der Waals surface area (Å²) in [6.45, 7) is 6.69. The van der Waals surface area contributed by atoms with Gasteiger partial charge < -0.3 is 0 Å². The van der Waals surface area contributed by atoms with Crippen molar-refractivity contribution in [1.82, 2.24) is 0 Å². The summed E-state index contributed by atoms with van der Waals surface area (Å²) in [5.41, 5.74) is 0. The standard InChI is InChI=1S/C10H21O3PTe/c1-4-7-9-15-10-8-14(11,12-5-2)13-6-3/h8,10H,4-7,9H2,1-3H3/b10-8+. The number of hydrogen-bond acceptors (Lipinski definition) is 3. The molecule has 0 rings (SSSR count). The second-order valence-corrected chi connectivity index (χ2v) is 7.67. The molecule has 0 radical (unpaired) electrons. The Morgan fingerprint density at radius 1 is 1.20 bits per heavy atom. The molecule has 0 aromatic rings.